The smallest absolute Gasteiger partial charge is 0.309 e. The first-order valence-corrected chi connectivity index (χ1v) is 5.86. The molecule has 18 heavy (non-hydrogen) atoms. The van der Waals surface area contributed by atoms with Gasteiger partial charge in [-0.2, -0.15) is 0 Å². The largest absolute Gasteiger partial charge is 0.481 e. The number of rotatable bonds is 3. The normalized spacial score (nSPS) is 10.6. The highest BCUT2D eigenvalue weighted by atomic mass is 35.5. The molecule has 1 aromatic carbocycles. The molecular weight excluding hydrogens is 252 g/mol. The van der Waals surface area contributed by atoms with Crippen molar-refractivity contribution in [3.63, 3.8) is 0 Å². The lowest BCUT2D eigenvalue weighted by molar-refractivity contribution is -0.136. The van der Waals surface area contributed by atoms with Gasteiger partial charge in [-0.1, -0.05) is 35.4 Å². The summed E-state index contributed by atoms with van der Waals surface area (Å²) in [5.41, 5.74) is 2.56. The Labute approximate surface area is 110 Å². The third kappa shape index (κ3) is 2.38. The molecule has 1 aromatic heterocycles. The van der Waals surface area contributed by atoms with Crippen LogP contribution in [-0.2, 0) is 18.3 Å². The minimum absolute atomic E-state index is 0.131. The van der Waals surface area contributed by atoms with Crippen molar-refractivity contribution in [3.05, 3.63) is 40.7 Å². The molecule has 0 spiro atoms. The first-order chi connectivity index (χ1) is 8.49. The van der Waals surface area contributed by atoms with Crippen LogP contribution in [0.3, 0.4) is 0 Å². The van der Waals surface area contributed by atoms with E-state index in [4.69, 9.17) is 16.7 Å². The summed E-state index contributed by atoms with van der Waals surface area (Å²) < 4.78 is 1.73. The third-order valence-corrected chi connectivity index (χ3v) is 3.06. The second-order valence-electron chi connectivity index (χ2n) is 4.17. The molecule has 0 aliphatic rings. The molecular formula is C13H13ClN2O2. The van der Waals surface area contributed by atoms with Gasteiger partial charge in [-0.05, 0) is 13.0 Å². The lowest BCUT2D eigenvalue weighted by atomic mass is 10.1. The van der Waals surface area contributed by atoms with Crippen molar-refractivity contribution in [3.8, 4) is 11.4 Å². The van der Waals surface area contributed by atoms with Crippen LogP contribution in [0.2, 0.25) is 5.15 Å². The van der Waals surface area contributed by atoms with Crippen molar-refractivity contribution in [1.82, 2.24) is 9.55 Å². The van der Waals surface area contributed by atoms with E-state index in [-0.39, 0.29) is 11.6 Å². The number of carboxylic acid groups (broad SMARTS) is 1. The van der Waals surface area contributed by atoms with Crippen molar-refractivity contribution in [2.24, 2.45) is 7.05 Å². The highest BCUT2D eigenvalue weighted by Gasteiger charge is 2.16. The maximum absolute atomic E-state index is 10.8. The molecule has 5 heteroatoms. The summed E-state index contributed by atoms with van der Waals surface area (Å²) in [6.45, 7) is 1.99. The summed E-state index contributed by atoms with van der Waals surface area (Å²) >= 11 is 5.99. The van der Waals surface area contributed by atoms with Gasteiger partial charge in [0.25, 0.3) is 0 Å². The Kier molecular flexibility index (Phi) is 3.39. The standard InChI is InChI=1S/C13H13ClN2O2/c1-8-4-3-5-9(6-8)13-15-12(14)10(16(13)2)7-11(17)18/h3-6H,7H2,1-2H3,(H,17,18). The molecule has 2 rings (SSSR count). The molecule has 1 N–H and O–H groups in total. The number of aliphatic carboxylic acids is 1. The average molecular weight is 265 g/mol. The first-order valence-electron chi connectivity index (χ1n) is 5.49. The van der Waals surface area contributed by atoms with Crippen molar-refractivity contribution in [2.75, 3.05) is 0 Å². The topological polar surface area (TPSA) is 55.1 Å². The monoisotopic (exact) mass is 264 g/mol. The molecule has 0 bridgehead atoms. The SMILES string of the molecule is Cc1cccc(-c2nc(Cl)c(CC(=O)O)n2C)c1. The second-order valence-corrected chi connectivity index (χ2v) is 4.53. The summed E-state index contributed by atoms with van der Waals surface area (Å²) in [5, 5.41) is 9.09. The number of aromatic nitrogens is 2. The average Bonchev–Trinajstić information content (AvgIpc) is 2.56. The summed E-state index contributed by atoms with van der Waals surface area (Å²) in [5.74, 6) is -0.240. The predicted octanol–water partition coefficient (Wildman–Crippen LogP) is 2.68. The lowest BCUT2D eigenvalue weighted by Crippen LogP contribution is -2.06. The Balaban J connectivity index is 2.50. The number of benzene rings is 1. The maximum Gasteiger partial charge on any atom is 0.309 e. The third-order valence-electron chi connectivity index (χ3n) is 2.76. The zero-order valence-corrected chi connectivity index (χ0v) is 10.9. The Hall–Kier alpha value is -1.81. The number of aryl methyl sites for hydroxylation is 1. The summed E-state index contributed by atoms with van der Waals surface area (Å²) in [4.78, 5) is 15.0. The molecule has 0 aliphatic carbocycles. The summed E-state index contributed by atoms with van der Waals surface area (Å²) in [7, 11) is 1.77. The van der Waals surface area contributed by atoms with E-state index < -0.39 is 5.97 Å². The summed E-state index contributed by atoms with van der Waals surface area (Å²) in [6.07, 6.45) is -0.131. The molecule has 0 saturated carbocycles. The highest BCUT2D eigenvalue weighted by Crippen LogP contribution is 2.25. The van der Waals surface area contributed by atoms with Gasteiger partial charge in [-0.15, -0.1) is 0 Å². The molecule has 0 fully saturated rings. The van der Waals surface area contributed by atoms with E-state index >= 15 is 0 Å². The van der Waals surface area contributed by atoms with Crippen LogP contribution in [0.25, 0.3) is 11.4 Å². The van der Waals surface area contributed by atoms with Crippen LogP contribution in [-0.4, -0.2) is 20.6 Å². The van der Waals surface area contributed by atoms with Crippen LogP contribution in [0.5, 0.6) is 0 Å². The van der Waals surface area contributed by atoms with E-state index in [1.54, 1.807) is 11.6 Å². The highest BCUT2D eigenvalue weighted by molar-refractivity contribution is 6.30. The molecule has 0 saturated heterocycles. The predicted molar refractivity (Wildman–Crippen MR) is 69.7 cm³/mol. The van der Waals surface area contributed by atoms with E-state index in [0.29, 0.717) is 11.5 Å². The van der Waals surface area contributed by atoms with Gasteiger partial charge in [0, 0.05) is 12.6 Å². The Bertz CT molecular complexity index is 605. The molecule has 0 radical (unpaired) electrons. The lowest BCUT2D eigenvalue weighted by Gasteiger charge is -2.05. The molecule has 1 heterocycles. The molecule has 4 nitrogen and oxygen atoms in total. The van der Waals surface area contributed by atoms with Gasteiger partial charge in [-0.3, -0.25) is 4.79 Å². The molecule has 0 atom stereocenters. The fourth-order valence-corrected chi connectivity index (χ4v) is 2.15. The second kappa shape index (κ2) is 4.82. The van der Waals surface area contributed by atoms with Crippen molar-refractivity contribution >= 4 is 17.6 Å². The van der Waals surface area contributed by atoms with Crippen molar-refractivity contribution in [2.45, 2.75) is 13.3 Å². The van der Waals surface area contributed by atoms with Gasteiger partial charge in [0.15, 0.2) is 5.15 Å². The number of nitrogens with zero attached hydrogens (tertiary/aromatic N) is 2. The molecule has 0 aliphatic heterocycles. The number of carbonyl (C=O) groups is 1. The number of halogens is 1. The zero-order valence-electron chi connectivity index (χ0n) is 10.1. The van der Waals surface area contributed by atoms with Crippen LogP contribution < -0.4 is 0 Å². The Morgan fingerprint density at radius 3 is 2.83 bits per heavy atom. The minimum Gasteiger partial charge on any atom is -0.481 e. The van der Waals surface area contributed by atoms with Crippen LogP contribution in [0, 0.1) is 6.92 Å². The minimum atomic E-state index is -0.921. The van der Waals surface area contributed by atoms with E-state index in [9.17, 15) is 4.79 Å². The van der Waals surface area contributed by atoms with Gasteiger partial charge in [0.2, 0.25) is 0 Å². The molecule has 94 valence electrons. The van der Waals surface area contributed by atoms with Crippen LogP contribution in [0.1, 0.15) is 11.3 Å². The van der Waals surface area contributed by atoms with E-state index in [1.165, 1.54) is 0 Å². The first kappa shape index (κ1) is 12.6. The van der Waals surface area contributed by atoms with Gasteiger partial charge in [0.1, 0.15) is 5.82 Å². The zero-order chi connectivity index (χ0) is 13.3. The van der Waals surface area contributed by atoms with Gasteiger partial charge in [0.05, 0.1) is 12.1 Å². The van der Waals surface area contributed by atoms with Crippen LogP contribution >= 0.6 is 11.6 Å². The van der Waals surface area contributed by atoms with Crippen molar-refractivity contribution < 1.29 is 9.90 Å². The maximum atomic E-state index is 10.8. The van der Waals surface area contributed by atoms with Gasteiger partial charge >= 0.3 is 5.97 Å². The van der Waals surface area contributed by atoms with E-state index in [1.807, 2.05) is 31.2 Å². The van der Waals surface area contributed by atoms with Crippen LogP contribution in [0.4, 0.5) is 0 Å². The molecule has 0 unspecified atom stereocenters. The van der Waals surface area contributed by atoms with E-state index in [0.717, 1.165) is 11.1 Å². The van der Waals surface area contributed by atoms with Crippen molar-refractivity contribution in [1.29, 1.82) is 0 Å². The number of hydrogen-bond donors (Lipinski definition) is 1. The Morgan fingerprint density at radius 2 is 2.22 bits per heavy atom. The number of imidazole rings is 1. The fourth-order valence-electron chi connectivity index (χ4n) is 1.88. The van der Waals surface area contributed by atoms with E-state index in [2.05, 4.69) is 4.98 Å². The van der Waals surface area contributed by atoms with Gasteiger partial charge in [-0.25, -0.2) is 4.98 Å². The molecule has 0 amide bonds. The molecule has 2 aromatic rings. The van der Waals surface area contributed by atoms with Crippen LogP contribution in [0.15, 0.2) is 24.3 Å². The number of carboxylic acids is 1. The summed E-state index contributed by atoms with van der Waals surface area (Å²) in [6, 6.07) is 7.84. The van der Waals surface area contributed by atoms with Gasteiger partial charge < -0.3 is 9.67 Å². The quantitative estimate of drug-likeness (QED) is 0.927. The fraction of sp³-hybridized carbons (Fsp3) is 0.231. The Morgan fingerprint density at radius 1 is 1.50 bits per heavy atom. The number of hydrogen-bond acceptors (Lipinski definition) is 2.